The van der Waals surface area contributed by atoms with Gasteiger partial charge in [0.25, 0.3) is 0 Å². The molecule has 5 rings (SSSR count). The molecule has 0 aliphatic carbocycles. The van der Waals surface area contributed by atoms with Crippen LogP contribution in [0.25, 0.3) is 0 Å². The summed E-state index contributed by atoms with van der Waals surface area (Å²) < 4.78 is 33.9. The van der Waals surface area contributed by atoms with E-state index in [2.05, 4.69) is 16.0 Å². The first-order valence-corrected chi connectivity index (χ1v) is 13.2. The first kappa shape index (κ1) is 24.4. The minimum atomic E-state index is -4.07. The second-order valence-corrected chi connectivity index (χ2v) is 10.9. The Labute approximate surface area is 214 Å². The summed E-state index contributed by atoms with van der Waals surface area (Å²) in [4.78, 5) is 12.4. The molecule has 2 amide bonds. The highest BCUT2D eigenvalue weighted by atomic mass is 35.5. The minimum Gasteiger partial charge on any atom is -0.504 e. The van der Waals surface area contributed by atoms with Crippen LogP contribution in [-0.4, -0.2) is 49.0 Å². The van der Waals surface area contributed by atoms with Crippen LogP contribution >= 0.6 is 11.6 Å². The van der Waals surface area contributed by atoms with Gasteiger partial charge in [0, 0.05) is 25.2 Å². The zero-order valence-corrected chi connectivity index (χ0v) is 20.7. The summed E-state index contributed by atoms with van der Waals surface area (Å²) in [7, 11) is -4.07. The molecule has 0 radical (unpaired) electrons. The molecule has 0 saturated carbocycles. The number of piperazine rings is 1. The van der Waals surface area contributed by atoms with Gasteiger partial charge in [0.15, 0.2) is 5.75 Å². The van der Waals surface area contributed by atoms with Gasteiger partial charge in [-0.2, -0.15) is 4.31 Å². The Bertz CT molecular complexity index is 1390. The summed E-state index contributed by atoms with van der Waals surface area (Å²) in [6.07, 6.45) is 0.712. The Kier molecular flexibility index (Phi) is 6.76. The number of amides is 2. The monoisotopic (exact) mass is 528 g/mol. The van der Waals surface area contributed by atoms with Crippen LogP contribution in [0.1, 0.15) is 12.0 Å². The van der Waals surface area contributed by atoms with E-state index in [-0.39, 0.29) is 22.8 Å². The van der Waals surface area contributed by atoms with E-state index in [1.54, 1.807) is 24.3 Å². The fraction of sp³-hybridized carbons (Fsp3) is 0.240. The fourth-order valence-electron chi connectivity index (χ4n) is 4.53. The van der Waals surface area contributed by atoms with Crippen molar-refractivity contribution in [1.82, 2.24) is 9.62 Å². The molecular weight excluding hydrogens is 504 g/mol. The molecular formula is C25H25ClN4O5S. The molecule has 2 bridgehead atoms. The molecule has 0 spiro atoms. The average molecular weight is 529 g/mol. The highest BCUT2D eigenvalue weighted by Crippen LogP contribution is 2.41. The van der Waals surface area contributed by atoms with Gasteiger partial charge >= 0.3 is 6.03 Å². The second-order valence-electron chi connectivity index (χ2n) is 8.69. The predicted molar refractivity (Wildman–Crippen MR) is 137 cm³/mol. The Morgan fingerprint density at radius 1 is 1.06 bits per heavy atom. The number of benzene rings is 3. The number of urea groups is 1. The number of carbonyl (C=O) groups excluding carboxylic acids is 1. The van der Waals surface area contributed by atoms with Crippen LogP contribution < -0.4 is 20.7 Å². The van der Waals surface area contributed by atoms with Crippen molar-refractivity contribution in [2.45, 2.75) is 30.0 Å². The number of fused-ring (bicyclic) bond motifs is 2. The maximum atomic E-state index is 13.3. The topological polar surface area (TPSA) is 120 Å². The molecule has 2 aliphatic heterocycles. The number of hydrogen-bond donors (Lipinski definition) is 4. The van der Waals surface area contributed by atoms with Crippen LogP contribution in [0.3, 0.4) is 0 Å². The lowest BCUT2D eigenvalue weighted by atomic mass is 10.2. The molecule has 36 heavy (non-hydrogen) atoms. The average Bonchev–Trinajstić information content (AvgIpc) is 3.50. The van der Waals surface area contributed by atoms with Gasteiger partial charge in [0.05, 0.1) is 16.4 Å². The number of hydrogen-bond acceptors (Lipinski definition) is 6. The second kappa shape index (κ2) is 9.98. The Hall–Kier alpha value is -3.31. The number of para-hydroxylation sites is 2. The van der Waals surface area contributed by atoms with Crippen LogP contribution in [0.4, 0.5) is 16.2 Å². The van der Waals surface area contributed by atoms with E-state index in [4.69, 9.17) is 16.3 Å². The van der Waals surface area contributed by atoms with Crippen molar-refractivity contribution in [3.8, 4) is 11.5 Å². The van der Waals surface area contributed by atoms with Gasteiger partial charge in [0.2, 0.25) is 10.0 Å². The first-order valence-electron chi connectivity index (χ1n) is 11.4. The number of nitrogens with zero attached hydrogens (tertiary/aromatic N) is 1. The van der Waals surface area contributed by atoms with Gasteiger partial charge in [-0.1, -0.05) is 54.1 Å². The van der Waals surface area contributed by atoms with Crippen molar-refractivity contribution in [3.05, 3.63) is 77.3 Å². The van der Waals surface area contributed by atoms with Gasteiger partial charge in [-0.15, -0.1) is 0 Å². The quantitative estimate of drug-likeness (QED) is 0.344. The van der Waals surface area contributed by atoms with Gasteiger partial charge in [-0.05, 0) is 36.2 Å². The molecule has 0 unspecified atom stereocenters. The lowest BCUT2D eigenvalue weighted by Gasteiger charge is -2.27. The largest absolute Gasteiger partial charge is 0.504 e. The highest BCUT2D eigenvalue weighted by molar-refractivity contribution is 7.89. The van der Waals surface area contributed by atoms with Gasteiger partial charge < -0.3 is 25.8 Å². The predicted octanol–water partition coefficient (Wildman–Crippen LogP) is 4.00. The summed E-state index contributed by atoms with van der Waals surface area (Å²) in [5.41, 5.74) is 1.30. The van der Waals surface area contributed by atoms with Crippen molar-refractivity contribution in [1.29, 1.82) is 0 Å². The number of phenolic OH excluding ortho intramolecular Hbond substituents is 1. The molecule has 3 aromatic rings. The number of ether oxygens (including phenoxy) is 1. The molecule has 11 heteroatoms. The smallest absolute Gasteiger partial charge is 0.323 e. The molecule has 9 nitrogen and oxygen atoms in total. The molecule has 2 atom stereocenters. The third-order valence-corrected chi connectivity index (χ3v) is 8.70. The lowest BCUT2D eigenvalue weighted by molar-refractivity contribution is 0.261. The van der Waals surface area contributed by atoms with Crippen molar-refractivity contribution in [2.75, 3.05) is 23.7 Å². The maximum Gasteiger partial charge on any atom is 0.323 e. The summed E-state index contributed by atoms with van der Waals surface area (Å²) in [6.45, 7) is 1.17. The van der Waals surface area contributed by atoms with E-state index in [1.807, 2.05) is 30.3 Å². The van der Waals surface area contributed by atoms with E-state index >= 15 is 0 Å². The molecule has 2 fully saturated rings. The fourth-order valence-corrected chi connectivity index (χ4v) is 6.81. The van der Waals surface area contributed by atoms with E-state index in [1.165, 1.54) is 16.4 Å². The van der Waals surface area contributed by atoms with Crippen molar-refractivity contribution in [2.24, 2.45) is 0 Å². The molecule has 2 heterocycles. The third-order valence-electron chi connectivity index (χ3n) is 6.28. The van der Waals surface area contributed by atoms with E-state index in [0.717, 1.165) is 5.56 Å². The first-order chi connectivity index (χ1) is 17.3. The number of sulfonamides is 1. The van der Waals surface area contributed by atoms with Crippen LogP contribution in [-0.2, 0) is 16.6 Å². The van der Waals surface area contributed by atoms with Crippen LogP contribution in [0, 0.1) is 0 Å². The minimum absolute atomic E-state index is 0.0827. The van der Waals surface area contributed by atoms with Crippen molar-refractivity contribution in [3.63, 3.8) is 0 Å². The number of aromatic hydroxyl groups is 1. The Morgan fingerprint density at radius 2 is 1.78 bits per heavy atom. The van der Waals surface area contributed by atoms with E-state index in [0.29, 0.717) is 37.6 Å². The van der Waals surface area contributed by atoms with Crippen molar-refractivity contribution >= 4 is 39.0 Å². The van der Waals surface area contributed by atoms with E-state index < -0.39 is 26.7 Å². The Balaban J connectivity index is 1.32. The molecule has 3 aromatic carbocycles. The van der Waals surface area contributed by atoms with Crippen LogP contribution in [0.2, 0.25) is 5.02 Å². The third kappa shape index (κ3) is 4.85. The van der Waals surface area contributed by atoms with Crippen molar-refractivity contribution < 1.29 is 23.1 Å². The van der Waals surface area contributed by atoms with Gasteiger partial charge in [0.1, 0.15) is 17.3 Å². The maximum absolute atomic E-state index is 13.3. The summed E-state index contributed by atoms with van der Waals surface area (Å²) >= 11 is 6.21. The van der Waals surface area contributed by atoms with Gasteiger partial charge in [-0.25, -0.2) is 13.2 Å². The molecule has 0 aromatic heterocycles. The SMILES string of the molecule is O=C(Nc1ccccc1OCc1ccccc1)Nc1ccc(Cl)c(S(=O)(=O)N2C[C@H]3C[C@H]2CN3)c1O. The molecule has 188 valence electrons. The zero-order valence-electron chi connectivity index (χ0n) is 19.1. The lowest BCUT2D eigenvalue weighted by Crippen LogP contribution is -2.46. The number of phenols is 1. The number of carbonyl (C=O) groups is 1. The molecule has 2 aliphatic rings. The number of anilines is 2. The van der Waals surface area contributed by atoms with Crippen LogP contribution in [0.15, 0.2) is 71.6 Å². The number of rotatable bonds is 7. The zero-order chi connectivity index (χ0) is 25.3. The van der Waals surface area contributed by atoms with Crippen LogP contribution in [0.5, 0.6) is 11.5 Å². The summed E-state index contributed by atoms with van der Waals surface area (Å²) in [6, 6.07) is 18.4. The normalized spacial score (nSPS) is 19.2. The highest BCUT2D eigenvalue weighted by Gasteiger charge is 2.45. The van der Waals surface area contributed by atoms with E-state index in [9.17, 15) is 18.3 Å². The molecule has 4 N–H and O–H groups in total. The summed E-state index contributed by atoms with van der Waals surface area (Å²) in [5, 5.41) is 19.2. The summed E-state index contributed by atoms with van der Waals surface area (Å²) in [5.74, 6) is -0.153. The Morgan fingerprint density at radius 3 is 2.50 bits per heavy atom. The standard InChI is InChI=1S/C25H25ClN4O5S/c26-19-10-11-21(23(31)24(19)36(33,34)30-14-17-12-18(30)13-27-17)29-25(32)28-20-8-4-5-9-22(20)35-15-16-6-2-1-3-7-16/h1-11,17-18,27,31H,12-15H2,(H2,28,29,32)/t17-,18+/m1/s1. The number of nitrogens with one attached hydrogen (secondary N) is 3. The van der Waals surface area contributed by atoms with Gasteiger partial charge in [-0.3, -0.25) is 0 Å². The number of halogens is 1. The molecule has 2 saturated heterocycles.